The van der Waals surface area contributed by atoms with Crippen LogP contribution >= 0.6 is 0 Å². The van der Waals surface area contributed by atoms with E-state index in [1.165, 1.54) is 0 Å². The van der Waals surface area contributed by atoms with Crippen LogP contribution in [0.25, 0.3) is 10.9 Å². The number of para-hydroxylation sites is 1. The number of hydrogen-bond acceptors (Lipinski definition) is 2. The van der Waals surface area contributed by atoms with Crippen molar-refractivity contribution in [3.05, 3.63) is 42.6 Å². The third-order valence-electron chi connectivity index (χ3n) is 2.67. The number of amides is 1. The van der Waals surface area contributed by atoms with E-state index in [9.17, 15) is 4.79 Å². The summed E-state index contributed by atoms with van der Waals surface area (Å²) in [6, 6.07) is 7.62. The number of nitrogens with zero attached hydrogens (tertiary/aromatic N) is 2. The van der Waals surface area contributed by atoms with E-state index in [4.69, 9.17) is 5.73 Å². The van der Waals surface area contributed by atoms with Crippen LogP contribution in [0.1, 0.15) is 23.3 Å². The first-order valence-electron chi connectivity index (χ1n) is 5.60. The summed E-state index contributed by atoms with van der Waals surface area (Å²) >= 11 is 0. The number of carbonyl (C=O) groups is 1. The molecule has 0 aliphatic rings. The summed E-state index contributed by atoms with van der Waals surface area (Å²) < 4.78 is 1.83. The number of nitrogens with two attached hydrogens (primary N) is 1. The molecule has 0 unspecified atom stereocenters. The molecule has 1 aromatic carbocycles. The minimum atomic E-state index is -0.483. The zero-order valence-corrected chi connectivity index (χ0v) is 9.60. The van der Waals surface area contributed by atoms with E-state index in [-0.39, 0.29) is 0 Å². The molecule has 1 aromatic heterocycles. The summed E-state index contributed by atoms with van der Waals surface area (Å²) in [4.78, 5) is 11.3. The van der Waals surface area contributed by atoms with E-state index in [2.05, 4.69) is 11.7 Å². The quantitative estimate of drug-likeness (QED) is 0.630. The molecule has 0 fully saturated rings. The Morgan fingerprint density at radius 3 is 2.94 bits per heavy atom. The molecule has 0 saturated heterocycles. The van der Waals surface area contributed by atoms with Crippen LogP contribution in [-0.2, 0) is 6.54 Å². The molecule has 0 saturated carbocycles. The van der Waals surface area contributed by atoms with Crippen molar-refractivity contribution in [1.82, 2.24) is 9.78 Å². The van der Waals surface area contributed by atoms with Gasteiger partial charge in [0.05, 0.1) is 5.52 Å². The first-order chi connectivity index (χ1) is 8.24. The molecule has 1 amide bonds. The van der Waals surface area contributed by atoms with E-state index in [1.54, 1.807) is 0 Å². The van der Waals surface area contributed by atoms with E-state index in [1.807, 2.05) is 35.0 Å². The first kappa shape index (κ1) is 11.4. The lowest BCUT2D eigenvalue weighted by atomic mass is 10.2. The lowest BCUT2D eigenvalue weighted by Gasteiger charge is -2.00. The first-order valence-corrected chi connectivity index (χ1v) is 5.60. The second-order valence-corrected chi connectivity index (χ2v) is 3.88. The van der Waals surface area contributed by atoms with Crippen molar-refractivity contribution < 1.29 is 4.79 Å². The van der Waals surface area contributed by atoms with Crippen LogP contribution in [0.2, 0.25) is 0 Å². The number of primary amides is 1. The summed E-state index contributed by atoms with van der Waals surface area (Å²) in [5, 5.41) is 5.09. The van der Waals surface area contributed by atoms with Crippen molar-refractivity contribution in [2.45, 2.75) is 19.4 Å². The second-order valence-electron chi connectivity index (χ2n) is 3.88. The summed E-state index contributed by atoms with van der Waals surface area (Å²) in [6.45, 7) is 4.45. The Morgan fingerprint density at radius 1 is 1.47 bits per heavy atom. The molecule has 17 heavy (non-hydrogen) atoms. The normalized spacial score (nSPS) is 10.6. The number of fused-ring (bicyclic) bond motifs is 1. The molecular formula is C13H15N3O. The zero-order valence-electron chi connectivity index (χ0n) is 9.60. The largest absolute Gasteiger partial charge is 0.364 e. The highest BCUT2D eigenvalue weighted by molar-refractivity contribution is 6.04. The van der Waals surface area contributed by atoms with Gasteiger partial charge in [-0.3, -0.25) is 9.48 Å². The van der Waals surface area contributed by atoms with Gasteiger partial charge in [-0.15, -0.1) is 6.58 Å². The third-order valence-corrected chi connectivity index (χ3v) is 2.67. The molecule has 2 aromatic rings. The average molecular weight is 229 g/mol. The molecule has 0 aliphatic heterocycles. The summed E-state index contributed by atoms with van der Waals surface area (Å²) in [6.07, 6.45) is 3.76. The highest BCUT2D eigenvalue weighted by atomic mass is 16.1. The molecule has 0 radical (unpaired) electrons. The highest BCUT2D eigenvalue weighted by Gasteiger charge is 2.13. The fraction of sp³-hybridized carbons (Fsp3) is 0.231. The molecular weight excluding hydrogens is 214 g/mol. The van der Waals surface area contributed by atoms with E-state index < -0.39 is 5.91 Å². The molecule has 0 bridgehead atoms. The van der Waals surface area contributed by atoms with Crippen LogP contribution in [-0.4, -0.2) is 15.7 Å². The van der Waals surface area contributed by atoms with Crippen LogP contribution in [0.15, 0.2) is 36.9 Å². The predicted octanol–water partition coefficient (Wildman–Crippen LogP) is 2.10. The highest BCUT2D eigenvalue weighted by Crippen LogP contribution is 2.18. The Bertz CT molecular complexity index is 557. The summed E-state index contributed by atoms with van der Waals surface area (Å²) in [5.41, 5.74) is 6.61. The Kier molecular flexibility index (Phi) is 3.23. The van der Waals surface area contributed by atoms with Gasteiger partial charge in [0.1, 0.15) is 0 Å². The second kappa shape index (κ2) is 4.82. The van der Waals surface area contributed by atoms with Gasteiger partial charge in [-0.2, -0.15) is 5.10 Å². The standard InChI is InChI=1S/C13H15N3O/c1-2-3-6-9-16-11-8-5-4-7-10(11)12(15-16)13(14)17/h2,4-5,7-8H,1,3,6,9H2,(H2,14,17). The molecule has 0 aliphatic carbocycles. The molecule has 1 heterocycles. The van der Waals surface area contributed by atoms with Crippen molar-refractivity contribution in [1.29, 1.82) is 0 Å². The fourth-order valence-electron chi connectivity index (χ4n) is 1.87. The average Bonchev–Trinajstić information content (AvgIpc) is 2.69. The number of aryl methyl sites for hydroxylation is 1. The monoisotopic (exact) mass is 229 g/mol. The predicted molar refractivity (Wildman–Crippen MR) is 67.7 cm³/mol. The van der Waals surface area contributed by atoms with Gasteiger partial charge in [0.2, 0.25) is 0 Å². The Labute approximate surface area is 99.7 Å². The summed E-state index contributed by atoms with van der Waals surface area (Å²) in [5.74, 6) is -0.483. The van der Waals surface area contributed by atoms with Crippen LogP contribution in [0.5, 0.6) is 0 Å². The number of hydrogen-bond donors (Lipinski definition) is 1. The fourth-order valence-corrected chi connectivity index (χ4v) is 1.87. The lowest BCUT2D eigenvalue weighted by molar-refractivity contribution is 0.0996. The maximum atomic E-state index is 11.3. The maximum absolute atomic E-state index is 11.3. The molecule has 2 rings (SSSR count). The number of rotatable bonds is 5. The van der Waals surface area contributed by atoms with E-state index in [0.29, 0.717) is 5.69 Å². The van der Waals surface area contributed by atoms with Gasteiger partial charge in [-0.25, -0.2) is 0 Å². The minimum absolute atomic E-state index is 0.346. The molecule has 0 spiro atoms. The van der Waals surface area contributed by atoms with Crippen LogP contribution in [0.3, 0.4) is 0 Å². The van der Waals surface area contributed by atoms with Crippen molar-refractivity contribution in [3.63, 3.8) is 0 Å². The van der Waals surface area contributed by atoms with Gasteiger partial charge in [-0.05, 0) is 18.9 Å². The van der Waals surface area contributed by atoms with Gasteiger partial charge in [0.25, 0.3) is 5.91 Å². The number of unbranched alkanes of at least 4 members (excludes halogenated alkanes) is 1. The molecule has 0 atom stereocenters. The SMILES string of the molecule is C=CCCCn1nc(C(N)=O)c2ccccc21. The van der Waals surface area contributed by atoms with Crippen molar-refractivity contribution in [2.75, 3.05) is 0 Å². The van der Waals surface area contributed by atoms with Gasteiger partial charge in [0, 0.05) is 11.9 Å². The van der Waals surface area contributed by atoms with Crippen LogP contribution < -0.4 is 5.73 Å². The van der Waals surface area contributed by atoms with Crippen molar-refractivity contribution >= 4 is 16.8 Å². The molecule has 4 nitrogen and oxygen atoms in total. The molecule has 88 valence electrons. The lowest BCUT2D eigenvalue weighted by Crippen LogP contribution is -2.13. The van der Waals surface area contributed by atoms with Crippen LogP contribution in [0.4, 0.5) is 0 Å². The van der Waals surface area contributed by atoms with Gasteiger partial charge < -0.3 is 5.73 Å². The summed E-state index contributed by atoms with van der Waals surface area (Å²) in [7, 11) is 0. The third kappa shape index (κ3) is 2.20. The Hall–Kier alpha value is -2.10. The topological polar surface area (TPSA) is 60.9 Å². The number of benzene rings is 1. The van der Waals surface area contributed by atoms with Crippen LogP contribution in [0, 0.1) is 0 Å². The maximum Gasteiger partial charge on any atom is 0.269 e. The molecule has 2 N–H and O–H groups in total. The Morgan fingerprint density at radius 2 is 2.24 bits per heavy atom. The Balaban J connectivity index is 2.41. The number of aromatic nitrogens is 2. The molecule has 4 heteroatoms. The van der Waals surface area contributed by atoms with Crippen molar-refractivity contribution in [3.8, 4) is 0 Å². The van der Waals surface area contributed by atoms with E-state index >= 15 is 0 Å². The number of carbonyl (C=O) groups excluding carboxylic acids is 1. The zero-order chi connectivity index (χ0) is 12.3. The van der Waals surface area contributed by atoms with Gasteiger partial charge in [-0.1, -0.05) is 24.3 Å². The van der Waals surface area contributed by atoms with Gasteiger partial charge >= 0.3 is 0 Å². The van der Waals surface area contributed by atoms with E-state index in [0.717, 1.165) is 30.3 Å². The number of allylic oxidation sites excluding steroid dienone is 1. The van der Waals surface area contributed by atoms with Gasteiger partial charge in [0.15, 0.2) is 5.69 Å². The minimum Gasteiger partial charge on any atom is -0.364 e. The smallest absolute Gasteiger partial charge is 0.269 e. The van der Waals surface area contributed by atoms with Crippen molar-refractivity contribution in [2.24, 2.45) is 5.73 Å².